The fraction of sp³-hybridized carbons (Fsp3) is 0.560. The van der Waals surface area contributed by atoms with Crippen LogP contribution in [0.1, 0.15) is 58.4 Å². The molecule has 2 fully saturated rings. The summed E-state index contributed by atoms with van der Waals surface area (Å²) in [5, 5.41) is 5.28. The molecular weight excluding hydrogens is 419 g/mol. The number of alkyl halides is 1. The maximum absolute atomic E-state index is 13.3. The van der Waals surface area contributed by atoms with Crippen molar-refractivity contribution >= 4 is 5.91 Å². The Balaban J connectivity index is 0.00000149. The molecule has 7 nitrogen and oxygen atoms in total. The van der Waals surface area contributed by atoms with E-state index in [1.807, 2.05) is 51.4 Å². The summed E-state index contributed by atoms with van der Waals surface area (Å²) in [6.07, 6.45) is 13.1. The van der Waals surface area contributed by atoms with Gasteiger partial charge in [0.05, 0.1) is 0 Å². The van der Waals surface area contributed by atoms with Gasteiger partial charge in [-0.2, -0.15) is 0 Å². The molecule has 1 saturated carbocycles. The zero-order valence-electron chi connectivity index (χ0n) is 20.2. The molecule has 0 aromatic carbocycles. The molecule has 2 aliphatic heterocycles. The zero-order valence-corrected chi connectivity index (χ0v) is 20.2. The highest BCUT2D eigenvalue weighted by Gasteiger charge is 2.46. The van der Waals surface area contributed by atoms with E-state index >= 15 is 0 Å². The van der Waals surface area contributed by atoms with Gasteiger partial charge in [-0.05, 0) is 55.2 Å². The number of carbonyl (C=O) groups excluding carboxylic acids is 1. The molecule has 4 rings (SSSR count). The van der Waals surface area contributed by atoms with Gasteiger partial charge in [0.15, 0.2) is 0 Å². The molecule has 0 atom stereocenters. The number of halogens is 1. The van der Waals surface area contributed by atoms with Gasteiger partial charge in [0.2, 0.25) is 0 Å². The summed E-state index contributed by atoms with van der Waals surface area (Å²) in [7, 11) is 0. The molecule has 8 heteroatoms. The van der Waals surface area contributed by atoms with Crippen molar-refractivity contribution in [1.82, 2.24) is 14.9 Å². The first-order valence-electron chi connectivity index (χ1n) is 12.1. The van der Waals surface area contributed by atoms with Crippen LogP contribution in [-0.4, -0.2) is 41.3 Å². The third-order valence-corrected chi connectivity index (χ3v) is 6.73. The zero-order chi connectivity index (χ0) is 24.0. The summed E-state index contributed by atoms with van der Waals surface area (Å²) in [4.78, 5) is 14.7. The Morgan fingerprint density at radius 2 is 1.97 bits per heavy atom. The van der Waals surface area contributed by atoms with Gasteiger partial charge < -0.3 is 26.7 Å². The third-order valence-electron chi connectivity index (χ3n) is 6.73. The molecule has 33 heavy (non-hydrogen) atoms. The Morgan fingerprint density at radius 3 is 2.58 bits per heavy atom. The summed E-state index contributed by atoms with van der Waals surface area (Å²) in [5.41, 5.74) is 14.9. The normalized spacial score (nSPS) is 20.4. The molecule has 1 saturated heterocycles. The first kappa shape index (κ1) is 24.7. The fourth-order valence-electron chi connectivity index (χ4n) is 4.83. The van der Waals surface area contributed by atoms with Crippen LogP contribution in [0.25, 0.3) is 0 Å². The Labute approximate surface area is 196 Å². The Hall–Kier alpha value is -2.90. The van der Waals surface area contributed by atoms with Crippen LogP contribution >= 0.6 is 0 Å². The van der Waals surface area contributed by atoms with Crippen molar-refractivity contribution in [2.75, 3.05) is 24.6 Å². The lowest BCUT2D eigenvalue weighted by Gasteiger charge is -2.50. The molecule has 3 aliphatic rings. The minimum absolute atomic E-state index is 0.211. The van der Waals surface area contributed by atoms with Crippen LogP contribution in [-0.2, 0) is 11.3 Å². The standard InChI is InChI=1S/C23H33FN6O.C2H6/c1-2-20(26)21(28-8-3-4-19(25)16-28)22(31)27-14-17-5-9-30(15-17)29-10-6-23(7-11-29)12-18(24)13-23;1-2/h3-5,9,15-16,18H,2,6-8,10-14,25-26H2,1H3,(H,27,31);1-2H3/b21-20-;. The minimum Gasteiger partial charge on any atom is -0.400 e. The Kier molecular flexibility index (Phi) is 8.10. The van der Waals surface area contributed by atoms with Gasteiger partial charge in [0.1, 0.15) is 11.9 Å². The average Bonchev–Trinajstić information content (AvgIpc) is 3.28. The molecule has 1 spiro atoms. The highest BCUT2D eigenvalue weighted by atomic mass is 19.1. The molecule has 182 valence electrons. The lowest BCUT2D eigenvalue weighted by Crippen LogP contribution is -2.50. The number of allylic oxidation sites excluding steroid dienone is 2. The second-order valence-electron chi connectivity index (χ2n) is 8.95. The topological polar surface area (TPSA) is 92.5 Å². The SMILES string of the molecule is CC.CC/C(N)=C(\C(=O)NCc1ccn(N2CCC3(CC2)CC(F)C3)c1)N1C=C(N)C=CC1. The van der Waals surface area contributed by atoms with Crippen molar-refractivity contribution in [3.8, 4) is 0 Å². The number of nitrogens with one attached hydrogen (secondary N) is 1. The quantitative estimate of drug-likeness (QED) is 0.569. The van der Waals surface area contributed by atoms with Crippen molar-refractivity contribution in [2.24, 2.45) is 16.9 Å². The molecule has 0 bridgehead atoms. The summed E-state index contributed by atoms with van der Waals surface area (Å²) in [6.45, 7) is 8.76. The molecule has 5 N–H and O–H groups in total. The Bertz CT molecular complexity index is 902. The molecule has 0 unspecified atom stereocenters. The number of piperidine rings is 1. The fourth-order valence-corrected chi connectivity index (χ4v) is 4.83. The summed E-state index contributed by atoms with van der Waals surface area (Å²) >= 11 is 0. The molecular formula is C25H39FN6O. The van der Waals surface area contributed by atoms with Crippen molar-refractivity contribution in [3.63, 3.8) is 0 Å². The number of aromatic nitrogens is 1. The van der Waals surface area contributed by atoms with E-state index in [-0.39, 0.29) is 11.3 Å². The van der Waals surface area contributed by atoms with Crippen LogP contribution in [0.2, 0.25) is 0 Å². The van der Waals surface area contributed by atoms with Crippen LogP contribution in [0, 0.1) is 5.41 Å². The number of carbonyl (C=O) groups is 1. The molecule has 1 aromatic heterocycles. The second-order valence-corrected chi connectivity index (χ2v) is 8.95. The van der Waals surface area contributed by atoms with Gasteiger partial charge in [0, 0.05) is 56.2 Å². The van der Waals surface area contributed by atoms with E-state index in [4.69, 9.17) is 11.5 Å². The highest BCUT2D eigenvalue weighted by Crippen LogP contribution is 2.50. The number of rotatable bonds is 6. The largest absolute Gasteiger partial charge is 0.400 e. The van der Waals surface area contributed by atoms with Crippen LogP contribution in [0.3, 0.4) is 0 Å². The van der Waals surface area contributed by atoms with E-state index < -0.39 is 6.17 Å². The maximum atomic E-state index is 13.3. The summed E-state index contributed by atoms with van der Waals surface area (Å²) < 4.78 is 15.4. The van der Waals surface area contributed by atoms with Gasteiger partial charge in [-0.1, -0.05) is 26.8 Å². The minimum atomic E-state index is -0.595. The van der Waals surface area contributed by atoms with Gasteiger partial charge in [-0.25, -0.2) is 4.39 Å². The monoisotopic (exact) mass is 458 g/mol. The lowest BCUT2D eigenvalue weighted by molar-refractivity contribution is -0.118. The molecule has 1 aliphatic carbocycles. The van der Waals surface area contributed by atoms with Crippen molar-refractivity contribution in [1.29, 1.82) is 0 Å². The number of hydrogen-bond donors (Lipinski definition) is 3. The van der Waals surface area contributed by atoms with Crippen molar-refractivity contribution < 1.29 is 9.18 Å². The first-order valence-corrected chi connectivity index (χ1v) is 12.1. The van der Waals surface area contributed by atoms with E-state index in [0.717, 1.165) is 44.3 Å². The van der Waals surface area contributed by atoms with E-state index in [9.17, 15) is 9.18 Å². The Morgan fingerprint density at radius 1 is 1.27 bits per heavy atom. The van der Waals surface area contributed by atoms with Crippen LogP contribution in [0.5, 0.6) is 0 Å². The summed E-state index contributed by atoms with van der Waals surface area (Å²) in [6, 6.07) is 2.01. The van der Waals surface area contributed by atoms with Gasteiger partial charge >= 0.3 is 0 Å². The second kappa shape index (κ2) is 10.8. The number of nitrogens with zero attached hydrogens (tertiary/aromatic N) is 3. The number of nitrogens with two attached hydrogens (primary N) is 2. The van der Waals surface area contributed by atoms with E-state index in [0.29, 0.717) is 36.6 Å². The first-order chi connectivity index (χ1) is 15.9. The highest BCUT2D eigenvalue weighted by molar-refractivity contribution is 5.93. The van der Waals surface area contributed by atoms with Gasteiger partial charge in [-0.15, -0.1) is 0 Å². The molecule has 0 radical (unpaired) electrons. The molecule has 1 amide bonds. The van der Waals surface area contributed by atoms with Crippen LogP contribution in [0.4, 0.5) is 4.39 Å². The molecule has 1 aromatic rings. The maximum Gasteiger partial charge on any atom is 0.269 e. The number of hydrogen-bond acceptors (Lipinski definition) is 5. The predicted octanol–water partition coefficient (Wildman–Crippen LogP) is 3.23. The molecule has 3 heterocycles. The van der Waals surface area contributed by atoms with E-state index in [2.05, 4.69) is 15.0 Å². The third kappa shape index (κ3) is 5.72. The van der Waals surface area contributed by atoms with Crippen LogP contribution in [0.15, 0.2) is 53.9 Å². The van der Waals surface area contributed by atoms with Gasteiger partial charge in [-0.3, -0.25) is 9.47 Å². The van der Waals surface area contributed by atoms with E-state index in [1.54, 1.807) is 11.1 Å². The van der Waals surface area contributed by atoms with E-state index in [1.165, 1.54) is 0 Å². The van der Waals surface area contributed by atoms with Crippen molar-refractivity contribution in [3.05, 3.63) is 59.5 Å². The lowest BCUT2D eigenvalue weighted by atomic mass is 9.62. The van der Waals surface area contributed by atoms with Gasteiger partial charge in [0.25, 0.3) is 5.91 Å². The summed E-state index contributed by atoms with van der Waals surface area (Å²) in [5.74, 6) is -0.211. The van der Waals surface area contributed by atoms with Crippen LogP contribution < -0.4 is 21.8 Å². The smallest absolute Gasteiger partial charge is 0.269 e. The van der Waals surface area contributed by atoms with Crippen molar-refractivity contribution in [2.45, 2.75) is 65.6 Å². The average molecular weight is 459 g/mol. The predicted molar refractivity (Wildman–Crippen MR) is 131 cm³/mol. The number of amides is 1.